The van der Waals surface area contributed by atoms with Gasteiger partial charge in [0, 0.05) is 24.7 Å². The third kappa shape index (κ3) is 3.72. The van der Waals surface area contributed by atoms with Crippen molar-refractivity contribution in [3.8, 4) is 11.5 Å². The van der Waals surface area contributed by atoms with Gasteiger partial charge in [0.05, 0.1) is 11.3 Å². The Labute approximate surface area is 176 Å². The number of para-hydroxylation sites is 1. The molecule has 1 amide bonds. The average molecular weight is 419 g/mol. The maximum atomic E-state index is 13.1. The van der Waals surface area contributed by atoms with Gasteiger partial charge in [0.15, 0.2) is 11.2 Å². The van der Waals surface area contributed by atoms with Gasteiger partial charge in [-0.05, 0) is 49.2 Å². The van der Waals surface area contributed by atoms with Crippen LogP contribution in [0.2, 0.25) is 0 Å². The number of aromatic nitrogens is 2. The van der Waals surface area contributed by atoms with E-state index in [4.69, 9.17) is 8.83 Å². The van der Waals surface area contributed by atoms with Crippen LogP contribution in [-0.2, 0) is 0 Å². The molecule has 156 valence electrons. The summed E-state index contributed by atoms with van der Waals surface area (Å²) < 4.78 is 24.6. The molecular formula is C23H18FN3O4. The molecule has 0 N–H and O–H groups in total. The zero-order valence-electron chi connectivity index (χ0n) is 16.5. The largest absolute Gasteiger partial charge is 0.451 e. The number of benzene rings is 2. The number of carbonyl (C=O) groups excluding carboxylic acids is 1. The summed E-state index contributed by atoms with van der Waals surface area (Å²) in [7, 11) is 0. The van der Waals surface area contributed by atoms with Crippen LogP contribution in [-0.4, -0.2) is 34.1 Å². The van der Waals surface area contributed by atoms with E-state index < -0.39 is 0 Å². The summed E-state index contributed by atoms with van der Waals surface area (Å²) in [6, 6.07) is 13.9. The molecule has 2 aromatic heterocycles. The number of hydrogen-bond acceptors (Lipinski definition) is 6. The highest BCUT2D eigenvalue weighted by Crippen LogP contribution is 2.29. The Balaban J connectivity index is 1.36. The predicted molar refractivity (Wildman–Crippen MR) is 110 cm³/mol. The molecule has 0 aliphatic carbocycles. The molecule has 3 heterocycles. The van der Waals surface area contributed by atoms with E-state index in [0.717, 1.165) is 12.8 Å². The van der Waals surface area contributed by atoms with Crippen LogP contribution in [0.3, 0.4) is 0 Å². The number of piperidine rings is 1. The Morgan fingerprint density at radius 2 is 1.87 bits per heavy atom. The van der Waals surface area contributed by atoms with Crippen LogP contribution in [0.1, 0.15) is 35.2 Å². The molecule has 0 saturated carbocycles. The predicted octanol–water partition coefficient (Wildman–Crippen LogP) is 4.00. The van der Waals surface area contributed by atoms with Crippen LogP contribution < -0.4 is 5.43 Å². The fourth-order valence-electron chi connectivity index (χ4n) is 3.84. The molecule has 5 rings (SSSR count). The quantitative estimate of drug-likeness (QED) is 0.499. The summed E-state index contributed by atoms with van der Waals surface area (Å²) >= 11 is 0. The van der Waals surface area contributed by atoms with Crippen LogP contribution >= 0.6 is 0 Å². The maximum Gasteiger partial charge on any atom is 0.289 e. The molecule has 1 atom stereocenters. The maximum absolute atomic E-state index is 13.1. The molecule has 31 heavy (non-hydrogen) atoms. The summed E-state index contributed by atoms with van der Waals surface area (Å²) in [5.74, 6) is -0.0692. The van der Waals surface area contributed by atoms with E-state index >= 15 is 0 Å². The van der Waals surface area contributed by atoms with Crippen molar-refractivity contribution in [3.63, 3.8) is 0 Å². The molecule has 0 spiro atoms. The Morgan fingerprint density at radius 1 is 1.06 bits per heavy atom. The minimum absolute atomic E-state index is 0.0156. The number of halogens is 1. The van der Waals surface area contributed by atoms with Crippen molar-refractivity contribution in [2.24, 2.45) is 0 Å². The van der Waals surface area contributed by atoms with Gasteiger partial charge in [-0.15, -0.1) is 10.2 Å². The molecule has 0 radical (unpaired) electrons. The second-order valence-electron chi connectivity index (χ2n) is 7.51. The molecule has 7 nitrogen and oxygen atoms in total. The van der Waals surface area contributed by atoms with Crippen LogP contribution in [0, 0.1) is 5.82 Å². The van der Waals surface area contributed by atoms with Gasteiger partial charge in [-0.2, -0.15) is 0 Å². The van der Waals surface area contributed by atoms with Gasteiger partial charge in [0.25, 0.3) is 5.91 Å². The van der Waals surface area contributed by atoms with Gasteiger partial charge < -0.3 is 13.7 Å². The number of amides is 1. The molecule has 4 aromatic rings. The number of fused-ring (bicyclic) bond motifs is 1. The van der Waals surface area contributed by atoms with E-state index in [2.05, 4.69) is 10.2 Å². The van der Waals surface area contributed by atoms with Crippen molar-refractivity contribution in [2.45, 2.75) is 18.8 Å². The fourth-order valence-corrected chi connectivity index (χ4v) is 3.84. The van der Waals surface area contributed by atoms with Gasteiger partial charge >= 0.3 is 0 Å². The van der Waals surface area contributed by atoms with E-state index in [1.54, 1.807) is 41.3 Å². The van der Waals surface area contributed by atoms with Crippen LogP contribution in [0.5, 0.6) is 0 Å². The molecule has 0 bridgehead atoms. The van der Waals surface area contributed by atoms with E-state index in [9.17, 15) is 14.0 Å². The first-order valence-corrected chi connectivity index (χ1v) is 10.00. The molecular weight excluding hydrogens is 401 g/mol. The highest BCUT2D eigenvalue weighted by molar-refractivity contribution is 5.93. The fraction of sp³-hybridized carbons (Fsp3) is 0.217. The summed E-state index contributed by atoms with van der Waals surface area (Å²) in [4.78, 5) is 27.0. The minimum atomic E-state index is -0.342. The first-order chi connectivity index (χ1) is 15.1. The van der Waals surface area contributed by atoms with Crippen molar-refractivity contribution in [3.05, 3.63) is 82.3 Å². The molecule has 1 unspecified atom stereocenters. The SMILES string of the molecule is O=C(c1cc(=O)c2ccccc2o1)N1CCCC(c2nnc(-c3ccc(F)cc3)o2)C1. The third-order valence-electron chi connectivity index (χ3n) is 5.44. The Bertz CT molecular complexity index is 1310. The Morgan fingerprint density at radius 3 is 2.71 bits per heavy atom. The van der Waals surface area contributed by atoms with Crippen molar-refractivity contribution >= 4 is 16.9 Å². The van der Waals surface area contributed by atoms with Gasteiger partial charge in [0.2, 0.25) is 11.8 Å². The molecule has 1 fully saturated rings. The lowest BCUT2D eigenvalue weighted by Gasteiger charge is -2.30. The first kappa shape index (κ1) is 19.2. The molecule has 1 saturated heterocycles. The van der Waals surface area contributed by atoms with Crippen LogP contribution in [0.4, 0.5) is 4.39 Å². The molecule has 8 heteroatoms. The monoisotopic (exact) mass is 419 g/mol. The number of rotatable bonds is 3. The Kier molecular flexibility index (Phi) is 4.82. The van der Waals surface area contributed by atoms with E-state index in [-0.39, 0.29) is 28.8 Å². The van der Waals surface area contributed by atoms with Crippen LogP contribution in [0.15, 0.2) is 68.2 Å². The van der Waals surface area contributed by atoms with Crippen molar-refractivity contribution < 1.29 is 18.0 Å². The van der Waals surface area contributed by atoms with Gasteiger partial charge in [-0.25, -0.2) is 4.39 Å². The third-order valence-corrected chi connectivity index (χ3v) is 5.44. The zero-order valence-corrected chi connectivity index (χ0v) is 16.5. The topological polar surface area (TPSA) is 89.4 Å². The first-order valence-electron chi connectivity index (χ1n) is 10.00. The van der Waals surface area contributed by atoms with Crippen molar-refractivity contribution in [2.75, 3.05) is 13.1 Å². The normalized spacial score (nSPS) is 16.5. The van der Waals surface area contributed by atoms with Crippen molar-refractivity contribution in [1.29, 1.82) is 0 Å². The van der Waals surface area contributed by atoms with E-state index in [1.165, 1.54) is 18.2 Å². The van der Waals surface area contributed by atoms with E-state index in [1.807, 2.05) is 0 Å². The lowest BCUT2D eigenvalue weighted by atomic mass is 9.98. The van der Waals surface area contributed by atoms with E-state index in [0.29, 0.717) is 41.4 Å². The van der Waals surface area contributed by atoms with Gasteiger partial charge in [-0.3, -0.25) is 9.59 Å². The summed E-state index contributed by atoms with van der Waals surface area (Å²) in [5.41, 5.74) is 0.759. The van der Waals surface area contributed by atoms with Gasteiger partial charge in [0.1, 0.15) is 11.4 Å². The number of hydrogen-bond donors (Lipinski definition) is 0. The number of carbonyl (C=O) groups is 1. The molecule has 2 aromatic carbocycles. The lowest BCUT2D eigenvalue weighted by molar-refractivity contribution is 0.0667. The summed E-state index contributed by atoms with van der Waals surface area (Å²) in [5, 5.41) is 8.64. The summed E-state index contributed by atoms with van der Waals surface area (Å²) in [6.07, 6.45) is 1.54. The second kappa shape index (κ2) is 7.79. The van der Waals surface area contributed by atoms with Crippen LogP contribution in [0.25, 0.3) is 22.4 Å². The molecule has 1 aliphatic rings. The lowest BCUT2D eigenvalue weighted by Crippen LogP contribution is -2.39. The van der Waals surface area contributed by atoms with Crippen molar-refractivity contribution in [1.82, 2.24) is 15.1 Å². The zero-order chi connectivity index (χ0) is 21.4. The number of likely N-dealkylation sites (tertiary alicyclic amines) is 1. The van der Waals surface area contributed by atoms with Gasteiger partial charge in [-0.1, -0.05) is 12.1 Å². The highest BCUT2D eigenvalue weighted by Gasteiger charge is 2.30. The Hall–Kier alpha value is -3.81. The summed E-state index contributed by atoms with van der Waals surface area (Å²) in [6.45, 7) is 0.922. The highest BCUT2D eigenvalue weighted by atomic mass is 19.1. The number of nitrogens with zero attached hydrogens (tertiary/aromatic N) is 3. The second-order valence-corrected chi connectivity index (χ2v) is 7.51. The minimum Gasteiger partial charge on any atom is -0.451 e. The standard InChI is InChI=1S/C23H18FN3O4/c24-16-9-7-14(8-10-16)21-25-26-22(31-21)15-4-3-11-27(13-15)23(29)20-12-18(28)17-5-1-2-6-19(17)30-20/h1-2,5-10,12,15H,3-4,11,13H2. The average Bonchev–Trinajstić information content (AvgIpc) is 3.29. The molecule has 1 aliphatic heterocycles. The smallest absolute Gasteiger partial charge is 0.289 e.